The molecule has 0 atom stereocenters. The third kappa shape index (κ3) is 5.01. The minimum atomic E-state index is 0.122. The van der Waals surface area contributed by atoms with E-state index in [-0.39, 0.29) is 10.2 Å². The maximum absolute atomic E-state index is 11.5. The number of thioether (sulfide) groups is 2. The zero-order chi connectivity index (χ0) is 25.1. The highest BCUT2D eigenvalue weighted by Crippen LogP contribution is 2.37. The molecule has 176 valence electrons. The maximum atomic E-state index is 11.5. The van der Waals surface area contributed by atoms with E-state index in [1.165, 1.54) is 45.1 Å². The lowest BCUT2D eigenvalue weighted by atomic mass is 10.0. The van der Waals surface area contributed by atoms with E-state index in [9.17, 15) is 9.59 Å². The first-order chi connectivity index (χ1) is 17.5. The van der Waals surface area contributed by atoms with Crippen LogP contribution in [0.5, 0.6) is 0 Å². The van der Waals surface area contributed by atoms with Gasteiger partial charge in [-0.05, 0) is 55.2 Å². The first-order valence-corrected chi connectivity index (χ1v) is 13.3. The van der Waals surface area contributed by atoms with Crippen LogP contribution in [0, 0.1) is 0 Å². The van der Waals surface area contributed by atoms with Crippen LogP contribution in [0.4, 0.5) is 0 Å². The molecule has 0 amide bonds. The maximum Gasteiger partial charge on any atom is 0.190 e. The van der Waals surface area contributed by atoms with E-state index < -0.39 is 0 Å². The number of fused-ring (bicyclic) bond motifs is 4. The van der Waals surface area contributed by atoms with Crippen molar-refractivity contribution in [3.63, 3.8) is 0 Å². The fourth-order valence-corrected chi connectivity index (χ4v) is 6.21. The van der Waals surface area contributed by atoms with Crippen molar-refractivity contribution in [2.24, 2.45) is 0 Å². The van der Waals surface area contributed by atoms with E-state index >= 15 is 0 Å². The van der Waals surface area contributed by atoms with Crippen LogP contribution in [-0.4, -0.2) is 10.2 Å². The van der Waals surface area contributed by atoms with Crippen molar-refractivity contribution in [3.05, 3.63) is 109 Å². The predicted octanol–water partition coefficient (Wildman–Crippen LogP) is 9.26. The Morgan fingerprint density at radius 2 is 0.694 bits per heavy atom. The second-order valence-corrected chi connectivity index (χ2v) is 10.9. The summed E-state index contributed by atoms with van der Waals surface area (Å²) in [6, 6.07) is 37.2. The summed E-state index contributed by atoms with van der Waals surface area (Å²) in [7, 11) is 0. The number of rotatable bonds is 2. The fraction of sp³-hybridized carbons (Fsp3) is 0.0625. The molecule has 6 rings (SSSR count). The van der Waals surface area contributed by atoms with Crippen LogP contribution >= 0.6 is 23.5 Å². The van der Waals surface area contributed by atoms with Crippen LogP contribution < -0.4 is 0 Å². The van der Waals surface area contributed by atoms with Crippen LogP contribution in [0.15, 0.2) is 119 Å². The van der Waals surface area contributed by atoms with Crippen LogP contribution in [0.25, 0.3) is 43.1 Å². The lowest BCUT2D eigenvalue weighted by Gasteiger charge is -2.09. The average Bonchev–Trinajstić information content (AvgIpc) is 2.88. The van der Waals surface area contributed by atoms with Gasteiger partial charge in [0.15, 0.2) is 10.2 Å². The van der Waals surface area contributed by atoms with Crippen LogP contribution in [0.2, 0.25) is 0 Å². The zero-order valence-corrected chi connectivity index (χ0v) is 21.7. The van der Waals surface area contributed by atoms with Gasteiger partial charge in [0.05, 0.1) is 0 Å². The molecule has 0 aromatic heterocycles. The number of benzene rings is 6. The normalized spacial score (nSPS) is 10.9. The molecule has 0 heterocycles. The summed E-state index contributed by atoms with van der Waals surface area (Å²) in [4.78, 5) is 25.1. The average molecular weight is 505 g/mol. The van der Waals surface area contributed by atoms with E-state index in [2.05, 4.69) is 60.7 Å². The third-order valence-electron chi connectivity index (χ3n) is 5.94. The molecular weight excluding hydrogens is 480 g/mol. The number of hydrogen-bond acceptors (Lipinski definition) is 4. The summed E-state index contributed by atoms with van der Waals surface area (Å²) in [6.45, 7) is 3.22. The van der Waals surface area contributed by atoms with Gasteiger partial charge in [0.1, 0.15) is 0 Å². The van der Waals surface area contributed by atoms with Crippen LogP contribution in [0.1, 0.15) is 13.8 Å². The topological polar surface area (TPSA) is 34.1 Å². The van der Waals surface area contributed by atoms with E-state index in [0.29, 0.717) is 0 Å². The minimum Gasteiger partial charge on any atom is -0.287 e. The van der Waals surface area contributed by atoms with E-state index in [1.54, 1.807) is 13.8 Å². The molecule has 0 spiro atoms. The minimum absolute atomic E-state index is 0.122. The SMILES string of the molecule is CC(=O)Sc1c2ccccc2cc2ccccc12.CC(=O)Sc1c2ccccc2cc2ccccc12. The van der Waals surface area contributed by atoms with Crippen molar-refractivity contribution < 1.29 is 9.59 Å². The van der Waals surface area contributed by atoms with Gasteiger partial charge in [-0.25, -0.2) is 0 Å². The lowest BCUT2D eigenvalue weighted by Crippen LogP contribution is -1.86. The van der Waals surface area contributed by atoms with Crippen molar-refractivity contribution in [2.75, 3.05) is 0 Å². The standard InChI is InChI=1S/2C16H12OS/c2*1-11(17)18-16-14-8-4-2-6-12(14)10-13-7-3-5-9-15(13)16/h2*2-10H,1H3. The highest BCUT2D eigenvalue weighted by atomic mass is 32.2. The summed E-state index contributed by atoms with van der Waals surface area (Å²) in [6.07, 6.45) is 0. The molecule has 0 fully saturated rings. The largest absolute Gasteiger partial charge is 0.287 e. The summed E-state index contributed by atoms with van der Waals surface area (Å²) in [5, 5.41) is 9.56. The summed E-state index contributed by atoms with van der Waals surface area (Å²) in [5.74, 6) is 0. The Balaban J connectivity index is 0.000000148. The molecule has 6 aromatic rings. The summed E-state index contributed by atoms with van der Waals surface area (Å²) in [5.41, 5.74) is 0. The first kappa shape index (κ1) is 24.1. The van der Waals surface area contributed by atoms with Crippen molar-refractivity contribution in [2.45, 2.75) is 23.6 Å². The Bertz CT molecular complexity index is 1520. The Morgan fingerprint density at radius 3 is 0.944 bits per heavy atom. The Labute approximate surface area is 218 Å². The molecule has 0 saturated heterocycles. The summed E-state index contributed by atoms with van der Waals surface area (Å²) >= 11 is 2.64. The monoisotopic (exact) mass is 504 g/mol. The molecule has 0 aliphatic rings. The third-order valence-corrected chi connectivity index (χ3v) is 7.80. The van der Waals surface area contributed by atoms with Crippen molar-refractivity contribution in [1.29, 1.82) is 0 Å². The molecule has 36 heavy (non-hydrogen) atoms. The van der Waals surface area contributed by atoms with Gasteiger partial charge < -0.3 is 0 Å². The highest BCUT2D eigenvalue weighted by molar-refractivity contribution is 8.14. The Hall–Kier alpha value is -3.60. The molecule has 0 N–H and O–H groups in total. The molecular formula is C32H24O2S2. The number of carbonyl (C=O) groups excluding carboxylic acids is 2. The second kappa shape index (κ2) is 10.6. The molecule has 0 unspecified atom stereocenters. The zero-order valence-electron chi connectivity index (χ0n) is 20.0. The molecule has 0 bridgehead atoms. The van der Waals surface area contributed by atoms with Gasteiger partial charge in [0.2, 0.25) is 0 Å². The van der Waals surface area contributed by atoms with Gasteiger partial charge in [-0.2, -0.15) is 0 Å². The molecule has 0 saturated carbocycles. The van der Waals surface area contributed by atoms with Crippen LogP contribution in [-0.2, 0) is 9.59 Å². The lowest BCUT2D eigenvalue weighted by molar-refractivity contribution is -0.109. The molecule has 2 nitrogen and oxygen atoms in total. The number of hydrogen-bond donors (Lipinski definition) is 0. The van der Waals surface area contributed by atoms with Gasteiger partial charge in [0, 0.05) is 23.6 Å². The van der Waals surface area contributed by atoms with Gasteiger partial charge >= 0.3 is 0 Å². The molecule has 6 aromatic carbocycles. The first-order valence-electron chi connectivity index (χ1n) is 11.7. The van der Waals surface area contributed by atoms with Gasteiger partial charge in [-0.3, -0.25) is 9.59 Å². The van der Waals surface area contributed by atoms with E-state index in [0.717, 1.165) is 31.3 Å². The van der Waals surface area contributed by atoms with E-state index in [4.69, 9.17) is 0 Å². The van der Waals surface area contributed by atoms with E-state index in [1.807, 2.05) is 48.5 Å². The molecule has 0 aliphatic heterocycles. The van der Waals surface area contributed by atoms with Gasteiger partial charge in [-0.1, -0.05) is 121 Å². The van der Waals surface area contributed by atoms with Crippen LogP contribution in [0.3, 0.4) is 0 Å². The molecule has 0 radical (unpaired) electrons. The Morgan fingerprint density at radius 1 is 0.444 bits per heavy atom. The van der Waals surface area contributed by atoms with Gasteiger partial charge in [0.25, 0.3) is 0 Å². The van der Waals surface area contributed by atoms with Crippen molar-refractivity contribution in [3.8, 4) is 0 Å². The fourth-order valence-electron chi connectivity index (χ4n) is 4.45. The van der Waals surface area contributed by atoms with Gasteiger partial charge in [-0.15, -0.1) is 0 Å². The second-order valence-electron chi connectivity index (χ2n) is 8.48. The molecule has 4 heteroatoms. The summed E-state index contributed by atoms with van der Waals surface area (Å²) < 4.78 is 0. The smallest absolute Gasteiger partial charge is 0.190 e. The number of carbonyl (C=O) groups is 2. The predicted molar refractivity (Wildman–Crippen MR) is 156 cm³/mol. The molecule has 0 aliphatic carbocycles. The highest BCUT2D eigenvalue weighted by Gasteiger charge is 2.10. The van der Waals surface area contributed by atoms with Crippen molar-refractivity contribution >= 4 is 76.8 Å². The van der Waals surface area contributed by atoms with Crippen molar-refractivity contribution in [1.82, 2.24) is 0 Å². The Kier molecular flexibility index (Phi) is 7.08. The quantitative estimate of drug-likeness (QED) is 0.174.